The first-order chi connectivity index (χ1) is 9.70. The number of anilines is 1. The Morgan fingerprint density at radius 3 is 2.80 bits per heavy atom. The van der Waals surface area contributed by atoms with Crippen LogP contribution in [-0.4, -0.2) is 22.4 Å². The molecule has 0 saturated heterocycles. The number of hydrogen-bond donors (Lipinski definition) is 2. The van der Waals surface area contributed by atoms with Gasteiger partial charge < -0.3 is 11.1 Å². The van der Waals surface area contributed by atoms with E-state index in [1.807, 2.05) is 19.1 Å². The molecule has 2 aromatic rings. The molecule has 0 radical (unpaired) electrons. The van der Waals surface area contributed by atoms with Crippen molar-refractivity contribution < 1.29 is 4.79 Å². The summed E-state index contributed by atoms with van der Waals surface area (Å²) in [6, 6.07) is 5.51. The van der Waals surface area contributed by atoms with Gasteiger partial charge in [0, 0.05) is 5.56 Å². The lowest BCUT2D eigenvalue weighted by molar-refractivity contribution is 0.102. The highest BCUT2D eigenvalue weighted by Crippen LogP contribution is 2.13. The highest BCUT2D eigenvalue weighted by Gasteiger charge is 2.11. The third-order valence-corrected chi connectivity index (χ3v) is 2.56. The van der Waals surface area contributed by atoms with Crippen LogP contribution in [0.3, 0.4) is 0 Å². The second kappa shape index (κ2) is 6.45. The molecule has 3 N–H and O–H groups in total. The lowest BCUT2D eigenvalue weighted by Gasteiger charge is -2.07. The van der Waals surface area contributed by atoms with Gasteiger partial charge in [-0.3, -0.25) is 4.79 Å². The summed E-state index contributed by atoms with van der Waals surface area (Å²) in [5.41, 5.74) is 8.05. The lowest BCUT2D eigenvalue weighted by atomic mass is 10.0. The molecule has 1 aromatic carbocycles. The van der Waals surface area contributed by atoms with Crippen LogP contribution in [0.25, 0.3) is 0 Å². The fourth-order valence-corrected chi connectivity index (χ4v) is 1.66. The van der Waals surface area contributed by atoms with Gasteiger partial charge in [-0.2, -0.15) is 0 Å². The van der Waals surface area contributed by atoms with Crippen molar-refractivity contribution in [2.75, 3.05) is 11.9 Å². The number of benzene rings is 1. The monoisotopic (exact) mass is 266 g/mol. The molecule has 0 saturated carbocycles. The van der Waals surface area contributed by atoms with Crippen molar-refractivity contribution in [3.05, 3.63) is 53.6 Å². The predicted octanol–water partition coefficient (Wildman–Crippen LogP) is 1.35. The Labute approximate surface area is 117 Å². The molecule has 20 heavy (non-hydrogen) atoms. The zero-order valence-corrected chi connectivity index (χ0v) is 11.1. The summed E-state index contributed by atoms with van der Waals surface area (Å²) >= 11 is 0. The van der Waals surface area contributed by atoms with Crippen molar-refractivity contribution in [3.63, 3.8) is 0 Å². The smallest absolute Gasteiger partial charge is 0.257 e. The molecule has 0 aliphatic carbocycles. The quantitative estimate of drug-likeness (QED) is 0.804. The minimum Gasteiger partial charge on any atom is -0.320 e. The van der Waals surface area contributed by atoms with E-state index in [2.05, 4.69) is 27.1 Å². The van der Waals surface area contributed by atoms with Crippen LogP contribution >= 0.6 is 0 Å². The SMILES string of the molecule is Cc1ccc(C#CCN)c(C(=O)Nc2cncnc2)c1. The van der Waals surface area contributed by atoms with E-state index in [0.29, 0.717) is 16.8 Å². The van der Waals surface area contributed by atoms with E-state index in [-0.39, 0.29) is 12.5 Å². The van der Waals surface area contributed by atoms with Crippen LogP contribution in [0.15, 0.2) is 36.9 Å². The number of amides is 1. The molecule has 0 fully saturated rings. The van der Waals surface area contributed by atoms with Crippen molar-refractivity contribution >= 4 is 11.6 Å². The van der Waals surface area contributed by atoms with Crippen LogP contribution in [0.5, 0.6) is 0 Å². The molecular weight excluding hydrogens is 252 g/mol. The van der Waals surface area contributed by atoms with E-state index in [1.165, 1.54) is 18.7 Å². The molecular formula is C15H14N4O. The minimum absolute atomic E-state index is 0.246. The second-order valence-corrected chi connectivity index (χ2v) is 4.14. The molecule has 1 heterocycles. The molecule has 1 amide bonds. The summed E-state index contributed by atoms with van der Waals surface area (Å²) < 4.78 is 0. The summed E-state index contributed by atoms with van der Waals surface area (Å²) in [7, 11) is 0. The molecule has 2 rings (SSSR count). The Bertz CT molecular complexity index is 671. The average Bonchev–Trinajstić information content (AvgIpc) is 2.47. The standard InChI is InChI=1S/C15H14N4O/c1-11-4-5-12(3-2-6-16)14(7-11)15(20)19-13-8-17-10-18-9-13/h4-5,7-10H,6,16H2,1H3,(H,19,20). The minimum atomic E-state index is -0.246. The third kappa shape index (κ3) is 3.40. The van der Waals surface area contributed by atoms with Crippen LogP contribution in [0.1, 0.15) is 21.5 Å². The molecule has 0 aliphatic heterocycles. The predicted molar refractivity (Wildman–Crippen MR) is 77.1 cm³/mol. The van der Waals surface area contributed by atoms with E-state index >= 15 is 0 Å². The van der Waals surface area contributed by atoms with Crippen molar-refractivity contribution in [2.24, 2.45) is 5.73 Å². The first-order valence-electron chi connectivity index (χ1n) is 6.06. The van der Waals surface area contributed by atoms with Gasteiger partial charge in [0.25, 0.3) is 5.91 Å². The molecule has 0 bridgehead atoms. The number of carbonyl (C=O) groups is 1. The van der Waals surface area contributed by atoms with Gasteiger partial charge in [0.05, 0.1) is 30.2 Å². The summed E-state index contributed by atoms with van der Waals surface area (Å²) in [5.74, 6) is 5.41. The Morgan fingerprint density at radius 2 is 2.10 bits per heavy atom. The molecule has 100 valence electrons. The zero-order chi connectivity index (χ0) is 14.4. The first-order valence-corrected chi connectivity index (χ1v) is 6.06. The summed E-state index contributed by atoms with van der Waals surface area (Å²) in [5, 5.41) is 2.74. The maximum atomic E-state index is 12.3. The Hall–Kier alpha value is -2.71. The number of hydrogen-bond acceptors (Lipinski definition) is 4. The van der Waals surface area contributed by atoms with Crippen LogP contribution < -0.4 is 11.1 Å². The number of rotatable bonds is 2. The van der Waals surface area contributed by atoms with E-state index in [4.69, 9.17) is 5.73 Å². The van der Waals surface area contributed by atoms with Gasteiger partial charge in [0.15, 0.2) is 0 Å². The summed E-state index contributed by atoms with van der Waals surface area (Å²) in [6.45, 7) is 2.17. The van der Waals surface area contributed by atoms with Crippen molar-refractivity contribution in [1.82, 2.24) is 9.97 Å². The molecule has 0 unspecified atom stereocenters. The van der Waals surface area contributed by atoms with Gasteiger partial charge in [-0.1, -0.05) is 23.5 Å². The maximum Gasteiger partial charge on any atom is 0.257 e. The van der Waals surface area contributed by atoms with Crippen molar-refractivity contribution in [2.45, 2.75) is 6.92 Å². The number of aromatic nitrogens is 2. The normalized spacial score (nSPS) is 9.50. The number of carbonyl (C=O) groups excluding carboxylic acids is 1. The molecule has 0 aliphatic rings. The number of nitrogens with zero attached hydrogens (tertiary/aromatic N) is 2. The van der Waals surface area contributed by atoms with Gasteiger partial charge in [-0.15, -0.1) is 0 Å². The van der Waals surface area contributed by atoms with Crippen LogP contribution in [-0.2, 0) is 0 Å². The first kappa shape index (κ1) is 13.7. The number of nitrogens with one attached hydrogen (secondary N) is 1. The van der Waals surface area contributed by atoms with Gasteiger partial charge in [-0.25, -0.2) is 9.97 Å². The van der Waals surface area contributed by atoms with Crippen molar-refractivity contribution in [3.8, 4) is 11.8 Å². The fourth-order valence-electron chi connectivity index (χ4n) is 1.66. The molecule has 5 nitrogen and oxygen atoms in total. The van der Waals surface area contributed by atoms with Gasteiger partial charge in [0.2, 0.25) is 0 Å². The average molecular weight is 266 g/mol. The van der Waals surface area contributed by atoms with E-state index in [1.54, 1.807) is 6.07 Å². The summed E-state index contributed by atoms with van der Waals surface area (Å²) in [4.78, 5) is 20.0. The highest BCUT2D eigenvalue weighted by molar-refractivity contribution is 6.06. The number of aryl methyl sites for hydroxylation is 1. The van der Waals surface area contributed by atoms with Gasteiger partial charge >= 0.3 is 0 Å². The fraction of sp³-hybridized carbons (Fsp3) is 0.133. The van der Waals surface area contributed by atoms with Crippen LogP contribution in [0, 0.1) is 18.8 Å². The van der Waals surface area contributed by atoms with E-state index < -0.39 is 0 Å². The lowest BCUT2D eigenvalue weighted by Crippen LogP contribution is -2.14. The highest BCUT2D eigenvalue weighted by atomic mass is 16.1. The second-order valence-electron chi connectivity index (χ2n) is 4.14. The van der Waals surface area contributed by atoms with E-state index in [0.717, 1.165) is 5.56 Å². The molecule has 5 heteroatoms. The zero-order valence-electron chi connectivity index (χ0n) is 11.1. The van der Waals surface area contributed by atoms with E-state index in [9.17, 15) is 4.79 Å². The molecule has 0 spiro atoms. The van der Waals surface area contributed by atoms with Crippen molar-refractivity contribution in [1.29, 1.82) is 0 Å². The maximum absolute atomic E-state index is 12.3. The molecule has 1 aromatic heterocycles. The Morgan fingerprint density at radius 1 is 1.35 bits per heavy atom. The summed E-state index contributed by atoms with van der Waals surface area (Å²) in [6.07, 6.45) is 4.47. The largest absolute Gasteiger partial charge is 0.320 e. The van der Waals surface area contributed by atoms with Gasteiger partial charge in [0.1, 0.15) is 6.33 Å². The molecule has 0 atom stereocenters. The van der Waals surface area contributed by atoms with Crippen LogP contribution in [0.4, 0.5) is 5.69 Å². The Balaban J connectivity index is 2.31. The number of nitrogens with two attached hydrogens (primary N) is 1. The van der Waals surface area contributed by atoms with Gasteiger partial charge in [-0.05, 0) is 19.1 Å². The topological polar surface area (TPSA) is 80.9 Å². The van der Waals surface area contributed by atoms with Crippen LogP contribution in [0.2, 0.25) is 0 Å². The third-order valence-electron chi connectivity index (χ3n) is 2.56. The Kier molecular flexibility index (Phi) is 4.43.